The molecule has 5 atom stereocenters. The molecule has 0 saturated carbocycles. The van der Waals surface area contributed by atoms with Crippen molar-refractivity contribution in [1.29, 1.82) is 0 Å². The molecule has 2 aliphatic rings. The van der Waals surface area contributed by atoms with Crippen LogP contribution in [-0.2, 0) is 19.1 Å². The zero-order valence-electron chi connectivity index (χ0n) is 23.5. The van der Waals surface area contributed by atoms with Crippen LogP contribution >= 0.6 is 0 Å². The molecule has 2 bridgehead atoms. The molecular weight excluding hydrogens is 498 g/mol. The van der Waals surface area contributed by atoms with Crippen molar-refractivity contribution in [3.8, 4) is 0 Å². The topological polar surface area (TPSA) is 148 Å². The van der Waals surface area contributed by atoms with Gasteiger partial charge in [-0.3, -0.25) is 14.4 Å². The van der Waals surface area contributed by atoms with E-state index in [1.807, 2.05) is 33.8 Å². The van der Waals surface area contributed by atoms with Gasteiger partial charge < -0.3 is 26.2 Å². The zero-order chi connectivity index (χ0) is 29.3. The fourth-order valence-corrected chi connectivity index (χ4v) is 4.80. The lowest BCUT2D eigenvalue weighted by molar-refractivity contribution is -0.120. The fourth-order valence-electron chi connectivity index (χ4n) is 4.80. The third-order valence-electron chi connectivity index (χ3n) is 7.04. The molecule has 0 saturated heterocycles. The van der Waals surface area contributed by atoms with Crippen molar-refractivity contribution in [3.63, 3.8) is 0 Å². The number of nitrogens with two attached hydrogens (primary N) is 1. The molecule has 1 aliphatic carbocycles. The van der Waals surface area contributed by atoms with Gasteiger partial charge in [-0.25, -0.2) is 4.79 Å². The van der Waals surface area contributed by atoms with Crippen LogP contribution in [0.25, 0.3) is 0 Å². The van der Waals surface area contributed by atoms with Crippen molar-refractivity contribution in [1.82, 2.24) is 10.6 Å². The van der Waals surface area contributed by atoms with Crippen LogP contribution in [0.5, 0.6) is 0 Å². The number of carbonyl (C=O) groups is 4. The quantitative estimate of drug-likeness (QED) is 0.315. The molecule has 5 unspecified atom stereocenters. The Morgan fingerprint density at radius 1 is 1.23 bits per heavy atom. The molecule has 0 radical (unpaired) electrons. The van der Waals surface area contributed by atoms with E-state index in [9.17, 15) is 24.3 Å². The second-order valence-electron chi connectivity index (χ2n) is 10.3. The van der Waals surface area contributed by atoms with Crippen LogP contribution in [0.1, 0.15) is 53.9 Å². The van der Waals surface area contributed by atoms with E-state index < -0.39 is 35.8 Å². The van der Waals surface area contributed by atoms with Crippen molar-refractivity contribution < 1.29 is 29.0 Å². The summed E-state index contributed by atoms with van der Waals surface area (Å²) in [6, 6.07) is 0. The van der Waals surface area contributed by atoms with Crippen LogP contribution in [0.15, 0.2) is 71.1 Å². The predicted octanol–water partition coefficient (Wildman–Crippen LogP) is 3.53. The minimum atomic E-state index is -0.908. The largest absolute Gasteiger partial charge is 0.441 e. The monoisotopic (exact) mass is 539 g/mol. The SMILES string of the molecule is C=CCNC1=C2CCCC(C)C(O)C(C)/C=C(/C)C(OC(N)=O)C(C)/C=C\C=C(\C)C(=O)NC(=CC1=O)C2=O. The fraction of sp³-hybridized carbons (Fsp3) is 0.467. The third-order valence-corrected chi connectivity index (χ3v) is 7.04. The summed E-state index contributed by atoms with van der Waals surface area (Å²) in [6.07, 6.45) is 8.75. The smallest absolute Gasteiger partial charge is 0.405 e. The number of allylic oxidation sites excluding steroid dienone is 4. The Morgan fingerprint density at radius 3 is 2.56 bits per heavy atom. The van der Waals surface area contributed by atoms with E-state index >= 15 is 0 Å². The third kappa shape index (κ3) is 8.64. The number of ether oxygens (including phenoxy) is 1. The van der Waals surface area contributed by atoms with Crippen LogP contribution in [0, 0.1) is 17.8 Å². The summed E-state index contributed by atoms with van der Waals surface area (Å²) < 4.78 is 5.38. The van der Waals surface area contributed by atoms with Gasteiger partial charge in [0.2, 0.25) is 11.6 Å². The van der Waals surface area contributed by atoms with Crippen LogP contribution in [0.4, 0.5) is 4.79 Å². The number of hydrogen-bond donors (Lipinski definition) is 4. The normalized spacial score (nSPS) is 31.2. The van der Waals surface area contributed by atoms with Gasteiger partial charge in [0.1, 0.15) is 6.10 Å². The first kappa shape index (κ1) is 31.5. The van der Waals surface area contributed by atoms with Crippen molar-refractivity contribution in [3.05, 3.63) is 71.1 Å². The van der Waals surface area contributed by atoms with E-state index in [0.717, 1.165) is 11.6 Å². The highest BCUT2D eigenvalue weighted by molar-refractivity contribution is 6.23. The number of fused-ring (bicyclic) bond motifs is 2. The molecule has 9 nitrogen and oxygen atoms in total. The van der Waals surface area contributed by atoms with E-state index in [1.165, 1.54) is 0 Å². The highest BCUT2D eigenvalue weighted by Crippen LogP contribution is 2.27. The molecule has 2 amide bonds. The van der Waals surface area contributed by atoms with Crippen LogP contribution in [-0.4, -0.2) is 47.4 Å². The standard InChI is InChI=1S/C30H41N3O6/c1-7-14-32-25-22-13-9-10-17(2)26(35)20(5)15-21(6)28(39-30(31)38)18(3)11-8-12-19(4)29(37)33-23(27(22)36)16-24(25)34/h7-8,11-12,15-18,20,26,28,32,35H,1,9-10,13-14H2,2-6H3,(H2,31,38)(H,33,37)/b11-8-,19-12-,21-15-. The Kier molecular flexibility index (Phi) is 11.7. The molecule has 0 fully saturated rings. The number of nitrogens with one attached hydrogen (secondary N) is 2. The van der Waals surface area contributed by atoms with Crippen molar-refractivity contribution in [2.75, 3.05) is 6.54 Å². The molecule has 0 aromatic carbocycles. The summed E-state index contributed by atoms with van der Waals surface area (Å²) in [5.41, 5.74) is 6.79. The Balaban J connectivity index is 2.49. The van der Waals surface area contributed by atoms with Crippen molar-refractivity contribution >= 4 is 23.6 Å². The van der Waals surface area contributed by atoms with Crippen molar-refractivity contribution in [2.45, 2.75) is 66.1 Å². The minimum Gasteiger partial charge on any atom is -0.441 e. The van der Waals surface area contributed by atoms with E-state index in [1.54, 1.807) is 31.2 Å². The van der Waals surface area contributed by atoms with E-state index in [2.05, 4.69) is 17.2 Å². The van der Waals surface area contributed by atoms with Crippen LogP contribution in [0.3, 0.4) is 0 Å². The first-order chi connectivity index (χ1) is 18.4. The molecule has 1 heterocycles. The number of aliphatic hydroxyl groups is 1. The average Bonchev–Trinajstić information content (AvgIpc) is 2.87. The zero-order valence-corrected chi connectivity index (χ0v) is 23.5. The number of amides is 2. The molecule has 212 valence electrons. The number of aliphatic hydroxyl groups excluding tert-OH is 1. The summed E-state index contributed by atoms with van der Waals surface area (Å²) >= 11 is 0. The lowest BCUT2D eigenvalue weighted by Crippen LogP contribution is -2.35. The molecule has 39 heavy (non-hydrogen) atoms. The van der Waals surface area contributed by atoms with Gasteiger partial charge in [-0.2, -0.15) is 0 Å². The maximum absolute atomic E-state index is 13.3. The van der Waals surface area contributed by atoms with Gasteiger partial charge in [0.05, 0.1) is 17.5 Å². The number of primary amides is 1. The van der Waals surface area contributed by atoms with E-state index in [-0.39, 0.29) is 29.1 Å². The minimum absolute atomic E-state index is 0.0800. The summed E-state index contributed by atoms with van der Waals surface area (Å²) in [7, 11) is 0. The summed E-state index contributed by atoms with van der Waals surface area (Å²) in [6.45, 7) is 13.0. The van der Waals surface area contributed by atoms with Gasteiger partial charge in [-0.05, 0) is 44.6 Å². The Hall–Kier alpha value is -3.72. The highest BCUT2D eigenvalue weighted by atomic mass is 16.6. The molecule has 2 rings (SSSR count). The Morgan fingerprint density at radius 2 is 1.92 bits per heavy atom. The lowest BCUT2D eigenvalue weighted by Gasteiger charge is -2.27. The Bertz CT molecular complexity index is 1140. The molecule has 0 aromatic rings. The lowest BCUT2D eigenvalue weighted by atomic mass is 9.85. The molecule has 1 aliphatic heterocycles. The van der Waals surface area contributed by atoms with Crippen LogP contribution < -0.4 is 16.4 Å². The van der Waals surface area contributed by atoms with E-state index in [4.69, 9.17) is 10.5 Å². The second kappa shape index (κ2) is 14.4. The first-order valence-corrected chi connectivity index (χ1v) is 13.2. The van der Waals surface area contributed by atoms with Gasteiger partial charge in [0, 0.05) is 35.6 Å². The number of rotatable bonds is 4. The predicted molar refractivity (Wildman–Crippen MR) is 150 cm³/mol. The average molecular weight is 540 g/mol. The van der Waals surface area contributed by atoms with Gasteiger partial charge in [-0.1, -0.05) is 51.2 Å². The number of Topliss-reactive ketones (excluding diaryl/α,β-unsaturated/α-hetero) is 1. The van der Waals surface area contributed by atoms with Crippen molar-refractivity contribution in [2.24, 2.45) is 23.5 Å². The van der Waals surface area contributed by atoms with Gasteiger partial charge in [0.25, 0.3) is 5.91 Å². The number of ketones is 2. The number of carbonyl (C=O) groups excluding carboxylic acids is 4. The molecule has 9 heteroatoms. The summed E-state index contributed by atoms with van der Waals surface area (Å²) in [5.74, 6) is -2.01. The maximum atomic E-state index is 13.3. The molecule has 0 spiro atoms. The Labute approximate surface area is 230 Å². The summed E-state index contributed by atoms with van der Waals surface area (Å²) in [5, 5.41) is 16.6. The molecule has 5 N–H and O–H groups in total. The number of hydrogen-bond acceptors (Lipinski definition) is 7. The van der Waals surface area contributed by atoms with Gasteiger partial charge in [0.15, 0.2) is 0 Å². The summed E-state index contributed by atoms with van der Waals surface area (Å²) in [4.78, 5) is 50.7. The second-order valence-corrected chi connectivity index (χ2v) is 10.3. The molecule has 0 aromatic heterocycles. The first-order valence-electron chi connectivity index (χ1n) is 13.2. The van der Waals surface area contributed by atoms with Gasteiger partial charge >= 0.3 is 6.09 Å². The van der Waals surface area contributed by atoms with Crippen LogP contribution in [0.2, 0.25) is 0 Å². The highest BCUT2D eigenvalue weighted by Gasteiger charge is 2.30. The van der Waals surface area contributed by atoms with Gasteiger partial charge in [-0.15, -0.1) is 6.58 Å². The van der Waals surface area contributed by atoms with E-state index in [0.29, 0.717) is 37.0 Å². The molecular formula is C30H41N3O6. The maximum Gasteiger partial charge on any atom is 0.405 e.